The minimum atomic E-state index is -0.493. The smallest absolute Gasteiger partial charge is 0.269 e. The van der Waals surface area contributed by atoms with E-state index in [4.69, 9.17) is 9.47 Å². The summed E-state index contributed by atoms with van der Waals surface area (Å²) < 4.78 is 11.3. The van der Waals surface area contributed by atoms with Crippen LogP contribution >= 0.6 is 15.9 Å². The number of nitrogens with one attached hydrogen (secondary N) is 1. The number of nitro benzene ring substituents is 1. The maximum absolute atomic E-state index is 12.2. The van der Waals surface area contributed by atoms with E-state index in [0.29, 0.717) is 38.4 Å². The molecule has 0 heterocycles. The molecular weight excluding hydrogens is 490 g/mol. The van der Waals surface area contributed by atoms with Crippen molar-refractivity contribution >= 4 is 44.9 Å². The van der Waals surface area contributed by atoms with Crippen molar-refractivity contribution in [2.75, 3.05) is 19.0 Å². The number of methoxy groups -OCH3 is 1. The van der Waals surface area contributed by atoms with Gasteiger partial charge >= 0.3 is 0 Å². The van der Waals surface area contributed by atoms with Crippen LogP contribution < -0.4 is 14.8 Å². The van der Waals surface area contributed by atoms with Crippen LogP contribution in [0.5, 0.6) is 11.5 Å². The largest absolute Gasteiger partial charge is 0.497 e. The number of nitrogens with zero attached hydrogens (tertiary/aromatic N) is 2. The second-order valence-electron chi connectivity index (χ2n) is 6.73. The highest BCUT2D eigenvalue weighted by Gasteiger charge is 2.09. The van der Waals surface area contributed by atoms with Crippen LogP contribution in [0.25, 0.3) is 11.6 Å². The number of anilines is 1. The number of non-ortho nitro benzene ring substituents is 1. The fourth-order valence-electron chi connectivity index (χ4n) is 2.85. The molecule has 0 spiro atoms. The number of carbonyl (C=O) groups is 1. The molecule has 1 amide bonds. The molecule has 3 aromatic carbocycles. The van der Waals surface area contributed by atoms with Gasteiger partial charge in [-0.05, 0) is 81.7 Å². The molecular formula is C24H18BrN3O5. The molecule has 3 aromatic rings. The summed E-state index contributed by atoms with van der Waals surface area (Å²) in [5.74, 6) is 0.835. The first-order valence-electron chi connectivity index (χ1n) is 9.62. The molecule has 0 aromatic heterocycles. The van der Waals surface area contributed by atoms with Crippen molar-refractivity contribution in [1.82, 2.24) is 0 Å². The Labute approximate surface area is 198 Å². The lowest BCUT2D eigenvalue weighted by Gasteiger charge is -2.10. The predicted molar refractivity (Wildman–Crippen MR) is 128 cm³/mol. The van der Waals surface area contributed by atoms with Gasteiger partial charge in [0.05, 0.1) is 28.1 Å². The van der Waals surface area contributed by atoms with Crippen LogP contribution in [0.15, 0.2) is 71.2 Å². The van der Waals surface area contributed by atoms with Crippen LogP contribution in [0, 0.1) is 21.4 Å². The van der Waals surface area contributed by atoms with Crippen LogP contribution in [-0.4, -0.2) is 24.5 Å². The highest BCUT2D eigenvalue weighted by molar-refractivity contribution is 9.10. The Balaban J connectivity index is 1.65. The van der Waals surface area contributed by atoms with Gasteiger partial charge in [-0.15, -0.1) is 0 Å². The van der Waals surface area contributed by atoms with Crippen molar-refractivity contribution in [1.29, 1.82) is 5.26 Å². The summed E-state index contributed by atoms with van der Waals surface area (Å²) in [7, 11) is 1.57. The van der Waals surface area contributed by atoms with Gasteiger partial charge in [-0.3, -0.25) is 14.9 Å². The van der Waals surface area contributed by atoms with Crippen LogP contribution in [0.3, 0.4) is 0 Å². The Morgan fingerprint density at radius 3 is 2.42 bits per heavy atom. The topological polar surface area (TPSA) is 114 Å². The first kappa shape index (κ1) is 23.5. The number of allylic oxidation sites excluding steroid dienone is 1. The Hall–Kier alpha value is -4.16. The average molecular weight is 508 g/mol. The Kier molecular flexibility index (Phi) is 7.78. The Morgan fingerprint density at radius 2 is 1.85 bits per heavy atom. The fraction of sp³-hybridized carbons (Fsp3) is 0.0833. The van der Waals surface area contributed by atoms with Gasteiger partial charge in [0.25, 0.3) is 11.6 Å². The Bertz CT molecular complexity index is 1230. The average Bonchev–Trinajstić information content (AvgIpc) is 2.82. The molecule has 0 aliphatic heterocycles. The number of hydrogen-bond donors (Lipinski definition) is 1. The predicted octanol–water partition coefficient (Wildman–Crippen LogP) is 5.45. The summed E-state index contributed by atoms with van der Waals surface area (Å²) in [6.45, 7) is -0.188. The van der Waals surface area contributed by atoms with Gasteiger partial charge in [0.15, 0.2) is 6.61 Å². The molecule has 0 radical (unpaired) electrons. The van der Waals surface area contributed by atoms with Crippen molar-refractivity contribution in [3.8, 4) is 17.6 Å². The van der Waals surface area contributed by atoms with Crippen molar-refractivity contribution in [3.63, 3.8) is 0 Å². The first-order valence-corrected chi connectivity index (χ1v) is 10.4. The van der Waals surface area contributed by atoms with E-state index in [1.54, 1.807) is 55.7 Å². The van der Waals surface area contributed by atoms with Crippen LogP contribution in [0.4, 0.5) is 11.4 Å². The van der Waals surface area contributed by atoms with E-state index in [0.717, 1.165) is 0 Å². The third-order valence-electron chi connectivity index (χ3n) is 4.51. The SMILES string of the molecule is COc1ccc(NC(=O)COc2ccc(C=C(C#N)c3ccc([N+](=O)[O-])cc3)cc2Br)cc1. The highest BCUT2D eigenvalue weighted by atomic mass is 79.9. The molecule has 1 N–H and O–H groups in total. The fourth-order valence-corrected chi connectivity index (χ4v) is 3.36. The van der Waals surface area contributed by atoms with Gasteiger partial charge in [0, 0.05) is 17.8 Å². The third kappa shape index (κ3) is 6.41. The standard InChI is InChI=1S/C24H18BrN3O5/c1-32-21-9-5-19(6-10-21)27-24(29)15-33-23-11-2-16(13-22(23)25)12-18(14-26)17-3-7-20(8-4-17)28(30)31/h2-13H,15H2,1H3,(H,27,29). The van der Waals surface area contributed by atoms with Crippen LogP contribution in [0.2, 0.25) is 0 Å². The summed E-state index contributed by atoms with van der Waals surface area (Å²) in [4.78, 5) is 22.5. The van der Waals surface area contributed by atoms with E-state index in [-0.39, 0.29) is 18.2 Å². The molecule has 0 saturated heterocycles. The molecule has 0 atom stereocenters. The van der Waals surface area contributed by atoms with Gasteiger partial charge < -0.3 is 14.8 Å². The molecule has 33 heavy (non-hydrogen) atoms. The lowest BCUT2D eigenvalue weighted by Crippen LogP contribution is -2.20. The minimum Gasteiger partial charge on any atom is -0.497 e. The maximum atomic E-state index is 12.2. The number of hydrogen-bond acceptors (Lipinski definition) is 6. The number of halogens is 1. The molecule has 3 rings (SSSR count). The molecule has 0 fully saturated rings. The van der Waals surface area contributed by atoms with E-state index in [2.05, 4.69) is 27.3 Å². The number of rotatable bonds is 8. The lowest BCUT2D eigenvalue weighted by atomic mass is 10.0. The van der Waals surface area contributed by atoms with Gasteiger partial charge in [-0.25, -0.2) is 0 Å². The van der Waals surface area contributed by atoms with Crippen LogP contribution in [0.1, 0.15) is 11.1 Å². The van der Waals surface area contributed by atoms with Gasteiger partial charge in [-0.2, -0.15) is 5.26 Å². The quantitative estimate of drug-likeness (QED) is 0.187. The molecule has 166 valence electrons. The summed E-state index contributed by atoms with van der Waals surface area (Å²) in [6, 6.07) is 20.0. The number of nitriles is 1. The molecule has 0 aliphatic carbocycles. The molecule has 0 bridgehead atoms. The first-order chi connectivity index (χ1) is 15.9. The monoisotopic (exact) mass is 507 g/mol. The van der Waals surface area contributed by atoms with Crippen molar-refractivity contribution in [3.05, 3.63) is 92.4 Å². The zero-order valence-electron chi connectivity index (χ0n) is 17.4. The Morgan fingerprint density at radius 1 is 1.15 bits per heavy atom. The van der Waals surface area contributed by atoms with E-state index >= 15 is 0 Å². The highest BCUT2D eigenvalue weighted by Crippen LogP contribution is 2.28. The molecule has 0 saturated carbocycles. The number of benzene rings is 3. The summed E-state index contributed by atoms with van der Waals surface area (Å²) >= 11 is 3.42. The summed E-state index contributed by atoms with van der Waals surface area (Å²) in [6.07, 6.45) is 1.66. The summed E-state index contributed by atoms with van der Waals surface area (Å²) in [5.41, 5.74) is 2.21. The number of nitro groups is 1. The second kappa shape index (κ2) is 10.9. The lowest BCUT2D eigenvalue weighted by molar-refractivity contribution is -0.384. The van der Waals surface area contributed by atoms with E-state index in [9.17, 15) is 20.2 Å². The number of amides is 1. The number of ether oxygens (including phenoxy) is 2. The van der Waals surface area contributed by atoms with E-state index < -0.39 is 4.92 Å². The minimum absolute atomic E-state index is 0.0451. The molecule has 9 heteroatoms. The zero-order valence-corrected chi connectivity index (χ0v) is 19.0. The van der Waals surface area contributed by atoms with Crippen molar-refractivity contribution < 1.29 is 19.2 Å². The zero-order chi connectivity index (χ0) is 23.8. The van der Waals surface area contributed by atoms with Crippen molar-refractivity contribution in [2.24, 2.45) is 0 Å². The normalized spacial score (nSPS) is 10.8. The summed E-state index contributed by atoms with van der Waals surface area (Å²) in [5, 5.41) is 23.0. The molecule has 0 unspecified atom stereocenters. The third-order valence-corrected chi connectivity index (χ3v) is 5.13. The van der Waals surface area contributed by atoms with Gasteiger partial charge in [0.1, 0.15) is 11.5 Å². The van der Waals surface area contributed by atoms with Crippen LogP contribution in [-0.2, 0) is 4.79 Å². The maximum Gasteiger partial charge on any atom is 0.269 e. The van der Waals surface area contributed by atoms with E-state index in [1.165, 1.54) is 24.3 Å². The molecule has 0 aliphatic rings. The molecule has 8 nitrogen and oxygen atoms in total. The second-order valence-corrected chi connectivity index (χ2v) is 7.58. The van der Waals surface area contributed by atoms with Gasteiger partial charge in [-0.1, -0.05) is 6.07 Å². The van der Waals surface area contributed by atoms with Gasteiger partial charge in [0.2, 0.25) is 0 Å². The number of carbonyl (C=O) groups excluding carboxylic acids is 1. The van der Waals surface area contributed by atoms with Crippen molar-refractivity contribution in [2.45, 2.75) is 0 Å². The van der Waals surface area contributed by atoms with E-state index in [1.807, 2.05) is 0 Å².